The van der Waals surface area contributed by atoms with Crippen LogP contribution >= 0.6 is 0 Å². The molecule has 3 heteroatoms. The third-order valence-electron chi connectivity index (χ3n) is 3.84. The Kier molecular flexibility index (Phi) is 6.38. The molecule has 112 valence electrons. The van der Waals surface area contributed by atoms with Crippen LogP contribution in [-0.2, 0) is 13.0 Å². The van der Waals surface area contributed by atoms with E-state index in [0.717, 1.165) is 25.9 Å². The van der Waals surface area contributed by atoms with Crippen LogP contribution in [0.2, 0.25) is 0 Å². The van der Waals surface area contributed by atoms with Crippen LogP contribution in [0.15, 0.2) is 54.9 Å². The smallest absolute Gasteiger partial charge is 0.0586 e. The van der Waals surface area contributed by atoms with E-state index in [9.17, 15) is 5.11 Å². The molecule has 0 aliphatic carbocycles. The Morgan fingerprint density at radius 3 is 2.48 bits per heavy atom. The average Bonchev–Trinajstić information content (AvgIpc) is 2.55. The minimum atomic E-state index is 0.200. The van der Waals surface area contributed by atoms with Crippen molar-refractivity contribution in [2.24, 2.45) is 0 Å². The highest BCUT2D eigenvalue weighted by atomic mass is 16.3. The number of pyridine rings is 1. The summed E-state index contributed by atoms with van der Waals surface area (Å²) < 4.78 is 0. The van der Waals surface area contributed by atoms with Gasteiger partial charge < -0.3 is 5.11 Å². The van der Waals surface area contributed by atoms with Gasteiger partial charge in [0, 0.05) is 31.5 Å². The number of aliphatic hydroxyl groups excluding tert-OH is 1. The molecule has 0 aliphatic heterocycles. The molecule has 1 aromatic heterocycles. The van der Waals surface area contributed by atoms with E-state index in [2.05, 4.69) is 47.1 Å². The summed E-state index contributed by atoms with van der Waals surface area (Å²) in [5.74, 6) is 0. The minimum absolute atomic E-state index is 0.200. The lowest BCUT2D eigenvalue weighted by Gasteiger charge is -2.29. The van der Waals surface area contributed by atoms with Crippen LogP contribution in [0.1, 0.15) is 24.5 Å². The second kappa shape index (κ2) is 8.55. The van der Waals surface area contributed by atoms with Gasteiger partial charge in [0.05, 0.1) is 6.61 Å². The zero-order valence-corrected chi connectivity index (χ0v) is 12.7. The van der Waals surface area contributed by atoms with Crippen LogP contribution in [0.25, 0.3) is 0 Å². The molecule has 1 N–H and O–H groups in total. The van der Waals surface area contributed by atoms with Crippen molar-refractivity contribution >= 4 is 0 Å². The SMILES string of the molecule is CC[C@@H](CO)N(CCc1ccccc1)Cc1cccnc1. The van der Waals surface area contributed by atoms with E-state index in [4.69, 9.17) is 0 Å². The van der Waals surface area contributed by atoms with Crippen molar-refractivity contribution in [1.29, 1.82) is 0 Å². The number of hydrogen-bond donors (Lipinski definition) is 1. The first kappa shape index (κ1) is 15.7. The van der Waals surface area contributed by atoms with Crippen LogP contribution in [0, 0.1) is 0 Å². The van der Waals surface area contributed by atoms with Crippen LogP contribution in [0.3, 0.4) is 0 Å². The highest BCUT2D eigenvalue weighted by Gasteiger charge is 2.16. The van der Waals surface area contributed by atoms with Gasteiger partial charge >= 0.3 is 0 Å². The molecule has 2 aromatic rings. The van der Waals surface area contributed by atoms with Crippen molar-refractivity contribution in [2.75, 3.05) is 13.2 Å². The summed E-state index contributed by atoms with van der Waals surface area (Å²) in [6.45, 7) is 4.10. The van der Waals surface area contributed by atoms with Gasteiger partial charge in [-0.25, -0.2) is 0 Å². The Hall–Kier alpha value is -1.71. The average molecular weight is 284 g/mol. The van der Waals surface area contributed by atoms with Crippen LogP contribution < -0.4 is 0 Å². The highest BCUT2D eigenvalue weighted by molar-refractivity contribution is 5.15. The van der Waals surface area contributed by atoms with Crippen molar-refractivity contribution in [3.05, 3.63) is 66.0 Å². The molecular weight excluding hydrogens is 260 g/mol. The van der Waals surface area contributed by atoms with Gasteiger partial charge in [0.1, 0.15) is 0 Å². The van der Waals surface area contributed by atoms with Crippen molar-refractivity contribution in [3.63, 3.8) is 0 Å². The Morgan fingerprint density at radius 2 is 1.86 bits per heavy atom. The maximum Gasteiger partial charge on any atom is 0.0586 e. The predicted octanol–water partition coefficient (Wildman–Crippen LogP) is 2.90. The molecule has 0 amide bonds. The number of nitrogens with zero attached hydrogens (tertiary/aromatic N) is 2. The summed E-state index contributed by atoms with van der Waals surface area (Å²) >= 11 is 0. The molecular formula is C18H24N2O. The molecule has 1 atom stereocenters. The second-order valence-corrected chi connectivity index (χ2v) is 5.31. The van der Waals surface area contributed by atoms with Crippen molar-refractivity contribution in [2.45, 2.75) is 32.4 Å². The van der Waals surface area contributed by atoms with E-state index in [-0.39, 0.29) is 12.6 Å². The predicted molar refractivity (Wildman–Crippen MR) is 86.0 cm³/mol. The van der Waals surface area contributed by atoms with Gasteiger partial charge in [-0.15, -0.1) is 0 Å². The normalized spacial score (nSPS) is 12.5. The number of benzene rings is 1. The molecule has 0 aliphatic rings. The number of rotatable bonds is 8. The zero-order chi connectivity index (χ0) is 14.9. The first-order valence-electron chi connectivity index (χ1n) is 7.61. The first-order chi connectivity index (χ1) is 10.3. The van der Waals surface area contributed by atoms with Gasteiger partial charge in [-0.05, 0) is 30.0 Å². The largest absolute Gasteiger partial charge is 0.395 e. The van der Waals surface area contributed by atoms with E-state index < -0.39 is 0 Å². The second-order valence-electron chi connectivity index (χ2n) is 5.31. The Labute approximate surface area is 127 Å². The lowest BCUT2D eigenvalue weighted by molar-refractivity contribution is 0.114. The summed E-state index contributed by atoms with van der Waals surface area (Å²) in [7, 11) is 0. The van der Waals surface area contributed by atoms with E-state index in [1.165, 1.54) is 11.1 Å². The lowest BCUT2D eigenvalue weighted by Crippen LogP contribution is -2.38. The molecule has 1 heterocycles. The third-order valence-corrected chi connectivity index (χ3v) is 3.84. The fraction of sp³-hybridized carbons (Fsp3) is 0.389. The summed E-state index contributed by atoms with van der Waals surface area (Å²) in [4.78, 5) is 6.53. The first-order valence-corrected chi connectivity index (χ1v) is 7.61. The molecule has 3 nitrogen and oxygen atoms in total. The van der Waals surface area contributed by atoms with Gasteiger partial charge in [0.25, 0.3) is 0 Å². The van der Waals surface area contributed by atoms with Crippen molar-refractivity contribution in [1.82, 2.24) is 9.88 Å². The third kappa shape index (κ3) is 4.96. The highest BCUT2D eigenvalue weighted by Crippen LogP contribution is 2.12. The molecule has 0 bridgehead atoms. The summed E-state index contributed by atoms with van der Waals surface area (Å²) in [6, 6.07) is 14.8. The number of hydrogen-bond acceptors (Lipinski definition) is 3. The summed E-state index contributed by atoms with van der Waals surface area (Å²) in [6.07, 6.45) is 5.64. The fourth-order valence-corrected chi connectivity index (χ4v) is 2.54. The molecule has 1 aromatic carbocycles. The maximum absolute atomic E-state index is 9.61. The fourth-order valence-electron chi connectivity index (χ4n) is 2.54. The minimum Gasteiger partial charge on any atom is -0.395 e. The standard InChI is InChI=1S/C18H24N2O/c1-2-18(15-21)20(14-17-9-6-11-19-13-17)12-10-16-7-4-3-5-8-16/h3-9,11,13,18,21H,2,10,12,14-15H2,1H3/t18-/m0/s1. The van der Waals surface area contributed by atoms with Crippen molar-refractivity contribution < 1.29 is 5.11 Å². The van der Waals surface area contributed by atoms with Gasteiger partial charge in [-0.2, -0.15) is 0 Å². The van der Waals surface area contributed by atoms with Gasteiger partial charge in [0.15, 0.2) is 0 Å². The van der Waals surface area contributed by atoms with Crippen LogP contribution in [0.5, 0.6) is 0 Å². The lowest BCUT2D eigenvalue weighted by atomic mass is 10.1. The molecule has 0 unspecified atom stereocenters. The summed E-state index contributed by atoms with van der Waals surface area (Å²) in [5.41, 5.74) is 2.53. The summed E-state index contributed by atoms with van der Waals surface area (Å²) in [5, 5.41) is 9.61. The molecule has 2 rings (SSSR count). The quantitative estimate of drug-likeness (QED) is 0.809. The maximum atomic E-state index is 9.61. The van der Waals surface area contributed by atoms with Gasteiger partial charge in [0.2, 0.25) is 0 Å². The molecule has 0 saturated heterocycles. The molecule has 21 heavy (non-hydrogen) atoms. The molecule has 0 spiro atoms. The van der Waals surface area contributed by atoms with E-state index in [1.807, 2.05) is 18.3 Å². The Morgan fingerprint density at radius 1 is 1.10 bits per heavy atom. The zero-order valence-electron chi connectivity index (χ0n) is 12.7. The molecule has 0 fully saturated rings. The molecule has 0 saturated carbocycles. The van der Waals surface area contributed by atoms with Crippen LogP contribution in [-0.4, -0.2) is 34.2 Å². The van der Waals surface area contributed by atoms with Gasteiger partial charge in [-0.3, -0.25) is 9.88 Å². The Bertz CT molecular complexity index is 497. The number of aromatic nitrogens is 1. The topological polar surface area (TPSA) is 36.4 Å². The van der Waals surface area contributed by atoms with E-state index in [0.29, 0.717) is 0 Å². The van der Waals surface area contributed by atoms with Crippen LogP contribution in [0.4, 0.5) is 0 Å². The molecule has 0 radical (unpaired) electrons. The van der Waals surface area contributed by atoms with E-state index in [1.54, 1.807) is 6.20 Å². The monoisotopic (exact) mass is 284 g/mol. The van der Waals surface area contributed by atoms with Gasteiger partial charge in [-0.1, -0.05) is 43.3 Å². The van der Waals surface area contributed by atoms with E-state index >= 15 is 0 Å². The Balaban J connectivity index is 2.01. The van der Waals surface area contributed by atoms with Crippen molar-refractivity contribution in [3.8, 4) is 0 Å². The number of aliphatic hydroxyl groups is 1.